The number of esters is 1. The van der Waals surface area contributed by atoms with Gasteiger partial charge < -0.3 is 9.64 Å². The van der Waals surface area contributed by atoms with Crippen molar-refractivity contribution in [3.05, 3.63) is 71.8 Å². The van der Waals surface area contributed by atoms with Gasteiger partial charge in [0.25, 0.3) is 0 Å². The van der Waals surface area contributed by atoms with Crippen molar-refractivity contribution in [2.75, 3.05) is 52.9 Å². The first-order valence-electron chi connectivity index (χ1n) is 11.4. The molecule has 0 aromatic heterocycles. The highest BCUT2D eigenvalue weighted by Gasteiger charge is 2.29. The second-order valence-corrected chi connectivity index (χ2v) is 8.39. The van der Waals surface area contributed by atoms with Gasteiger partial charge in [0.2, 0.25) is 5.91 Å². The monoisotopic (exact) mass is 437 g/mol. The van der Waals surface area contributed by atoms with Crippen LogP contribution >= 0.6 is 0 Å². The predicted molar refractivity (Wildman–Crippen MR) is 126 cm³/mol. The molecule has 0 radical (unpaired) electrons. The Morgan fingerprint density at radius 3 is 1.94 bits per heavy atom. The average molecular weight is 438 g/mol. The highest BCUT2D eigenvalue weighted by Crippen LogP contribution is 2.29. The number of nitrogens with zero attached hydrogens (tertiary/aromatic N) is 3. The second-order valence-electron chi connectivity index (χ2n) is 8.39. The maximum Gasteiger partial charge on any atom is 0.309 e. The van der Waals surface area contributed by atoms with E-state index in [1.807, 2.05) is 35.8 Å². The molecule has 2 aromatic rings. The molecule has 32 heavy (non-hydrogen) atoms. The van der Waals surface area contributed by atoms with Crippen LogP contribution < -0.4 is 0 Å². The summed E-state index contributed by atoms with van der Waals surface area (Å²) in [7, 11) is 1.40. The smallest absolute Gasteiger partial charge is 0.309 e. The fraction of sp³-hybridized carbons (Fsp3) is 0.462. The Bertz CT molecular complexity index is 812. The molecule has 0 aliphatic carbocycles. The lowest BCUT2D eigenvalue weighted by atomic mass is 9.96. The molecule has 6 heteroatoms. The maximum atomic E-state index is 13.0. The largest absolute Gasteiger partial charge is 0.469 e. The summed E-state index contributed by atoms with van der Waals surface area (Å²) in [6, 6.07) is 21.3. The second kappa shape index (κ2) is 11.8. The van der Waals surface area contributed by atoms with E-state index in [4.69, 9.17) is 4.74 Å². The van der Waals surface area contributed by atoms with Gasteiger partial charge in [0.1, 0.15) is 0 Å². The summed E-state index contributed by atoms with van der Waals surface area (Å²) in [5, 5.41) is 0. The summed E-state index contributed by atoms with van der Waals surface area (Å²) in [6.45, 7) is 8.49. The lowest BCUT2D eigenvalue weighted by molar-refractivity contribution is -0.146. The zero-order valence-electron chi connectivity index (χ0n) is 19.4. The molecule has 1 atom stereocenters. The van der Waals surface area contributed by atoms with Gasteiger partial charge in [-0.05, 0) is 17.7 Å². The van der Waals surface area contributed by atoms with Crippen LogP contribution in [0, 0.1) is 5.92 Å². The third-order valence-corrected chi connectivity index (χ3v) is 6.20. The summed E-state index contributed by atoms with van der Waals surface area (Å²) in [5.74, 6) is -0.362. The number of likely N-dealkylation sites (N-methyl/N-ethyl adjacent to an activating group) is 1. The minimum atomic E-state index is -0.248. The van der Waals surface area contributed by atoms with Crippen LogP contribution in [-0.2, 0) is 14.3 Å². The van der Waals surface area contributed by atoms with Crippen LogP contribution in [0.25, 0.3) is 0 Å². The lowest BCUT2D eigenvalue weighted by Crippen LogP contribution is -2.52. The van der Waals surface area contributed by atoms with E-state index < -0.39 is 0 Å². The van der Waals surface area contributed by atoms with Gasteiger partial charge in [0, 0.05) is 32.7 Å². The fourth-order valence-electron chi connectivity index (χ4n) is 4.37. The molecule has 1 heterocycles. The minimum absolute atomic E-state index is 0.125. The summed E-state index contributed by atoms with van der Waals surface area (Å²) in [6.07, 6.45) is 0. The zero-order valence-corrected chi connectivity index (χ0v) is 19.4. The van der Waals surface area contributed by atoms with Crippen LogP contribution in [0.2, 0.25) is 0 Å². The number of hydrogen-bond acceptors (Lipinski definition) is 5. The molecule has 3 rings (SSSR count). The van der Waals surface area contributed by atoms with Crippen LogP contribution in [0.5, 0.6) is 0 Å². The molecule has 1 fully saturated rings. The van der Waals surface area contributed by atoms with Crippen molar-refractivity contribution < 1.29 is 14.3 Å². The minimum Gasteiger partial charge on any atom is -0.469 e. The van der Waals surface area contributed by atoms with Crippen molar-refractivity contribution in [2.24, 2.45) is 5.92 Å². The topological polar surface area (TPSA) is 53.1 Å². The molecular formula is C26H35N3O3. The number of carbonyl (C=O) groups is 2. The number of piperazine rings is 1. The number of methoxy groups -OCH3 is 1. The van der Waals surface area contributed by atoms with Gasteiger partial charge >= 0.3 is 5.97 Å². The lowest BCUT2D eigenvalue weighted by Gasteiger charge is -2.40. The highest BCUT2D eigenvalue weighted by molar-refractivity contribution is 5.78. The molecule has 0 saturated carbocycles. The van der Waals surface area contributed by atoms with E-state index in [-0.39, 0.29) is 23.8 Å². The average Bonchev–Trinajstić information content (AvgIpc) is 2.84. The number of rotatable bonds is 9. The first-order chi connectivity index (χ1) is 15.5. The predicted octanol–water partition coefficient (Wildman–Crippen LogP) is 3.05. The van der Waals surface area contributed by atoms with Crippen LogP contribution in [-0.4, -0.2) is 79.5 Å². The Hall–Kier alpha value is -2.70. The van der Waals surface area contributed by atoms with Crippen molar-refractivity contribution in [3.8, 4) is 0 Å². The number of hydrogen-bond donors (Lipinski definition) is 0. The molecule has 1 amide bonds. The normalized spacial score (nSPS) is 15.7. The van der Waals surface area contributed by atoms with Gasteiger partial charge in [-0.1, -0.05) is 74.5 Å². The summed E-state index contributed by atoms with van der Waals surface area (Å²) in [5.41, 5.74) is 2.54. The van der Waals surface area contributed by atoms with E-state index >= 15 is 0 Å². The van der Waals surface area contributed by atoms with E-state index in [1.165, 1.54) is 18.2 Å². The van der Waals surface area contributed by atoms with Gasteiger partial charge in [0.05, 0.1) is 25.6 Å². The summed E-state index contributed by atoms with van der Waals surface area (Å²) >= 11 is 0. The maximum absolute atomic E-state index is 13.0. The highest BCUT2D eigenvalue weighted by atomic mass is 16.5. The molecule has 0 N–H and O–H groups in total. The van der Waals surface area contributed by atoms with E-state index in [9.17, 15) is 9.59 Å². The third-order valence-electron chi connectivity index (χ3n) is 6.20. The van der Waals surface area contributed by atoms with Crippen molar-refractivity contribution in [2.45, 2.75) is 19.9 Å². The Morgan fingerprint density at radius 2 is 1.47 bits per heavy atom. The van der Waals surface area contributed by atoms with Gasteiger partial charge in [-0.3, -0.25) is 19.4 Å². The van der Waals surface area contributed by atoms with E-state index in [0.717, 1.165) is 19.6 Å². The van der Waals surface area contributed by atoms with E-state index in [0.29, 0.717) is 26.2 Å². The third kappa shape index (κ3) is 6.17. The van der Waals surface area contributed by atoms with Crippen molar-refractivity contribution in [1.29, 1.82) is 0 Å². The Morgan fingerprint density at radius 1 is 0.938 bits per heavy atom. The molecule has 2 aromatic carbocycles. The molecule has 6 nitrogen and oxygen atoms in total. The van der Waals surface area contributed by atoms with E-state index in [2.05, 4.69) is 53.4 Å². The van der Waals surface area contributed by atoms with Crippen LogP contribution in [0.15, 0.2) is 60.7 Å². The fourth-order valence-corrected chi connectivity index (χ4v) is 4.37. The Labute approximate surface area is 191 Å². The molecule has 172 valence electrons. The Kier molecular flexibility index (Phi) is 8.82. The quantitative estimate of drug-likeness (QED) is 0.565. The molecule has 1 aliphatic rings. The molecule has 0 spiro atoms. The SMILES string of the molecule is CCN(CC(=O)N1CCN(C(c2ccccc2)c2ccccc2)CC1)CC(C)C(=O)OC. The molecular weight excluding hydrogens is 402 g/mol. The first kappa shape index (κ1) is 24.0. The zero-order chi connectivity index (χ0) is 22.9. The van der Waals surface area contributed by atoms with Crippen LogP contribution in [0.3, 0.4) is 0 Å². The Balaban J connectivity index is 1.61. The number of carbonyl (C=O) groups excluding carboxylic acids is 2. The number of amides is 1. The van der Waals surface area contributed by atoms with Gasteiger partial charge in [0.15, 0.2) is 0 Å². The molecule has 1 saturated heterocycles. The summed E-state index contributed by atoms with van der Waals surface area (Å²) < 4.78 is 4.82. The first-order valence-corrected chi connectivity index (χ1v) is 11.4. The van der Waals surface area contributed by atoms with Crippen LogP contribution in [0.1, 0.15) is 31.0 Å². The van der Waals surface area contributed by atoms with Crippen molar-refractivity contribution >= 4 is 11.9 Å². The van der Waals surface area contributed by atoms with Gasteiger partial charge in [-0.2, -0.15) is 0 Å². The molecule has 1 aliphatic heterocycles. The van der Waals surface area contributed by atoms with Gasteiger partial charge in [-0.25, -0.2) is 0 Å². The molecule has 1 unspecified atom stereocenters. The van der Waals surface area contributed by atoms with Crippen LogP contribution in [0.4, 0.5) is 0 Å². The van der Waals surface area contributed by atoms with E-state index in [1.54, 1.807) is 0 Å². The summed E-state index contributed by atoms with van der Waals surface area (Å²) in [4.78, 5) is 31.1. The number of ether oxygens (including phenoxy) is 1. The standard InChI is InChI=1S/C26H35N3O3/c1-4-27(19-21(2)26(31)32-3)20-24(30)28-15-17-29(18-16-28)25(22-11-7-5-8-12-22)23-13-9-6-10-14-23/h5-14,21,25H,4,15-20H2,1-3H3. The number of benzene rings is 2. The van der Waals surface area contributed by atoms with Crippen molar-refractivity contribution in [3.63, 3.8) is 0 Å². The van der Waals surface area contributed by atoms with Gasteiger partial charge in [-0.15, -0.1) is 0 Å². The van der Waals surface area contributed by atoms with Crippen molar-refractivity contribution in [1.82, 2.24) is 14.7 Å². The molecule has 0 bridgehead atoms.